The van der Waals surface area contributed by atoms with E-state index in [1.165, 1.54) is 0 Å². The van der Waals surface area contributed by atoms with E-state index in [2.05, 4.69) is 56.3 Å². The van der Waals surface area contributed by atoms with Crippen LogP contribution in [0.1, 0.15) is 22.8 Å². The molecule has 3 aromatic heterocycles. The fourth-order valence-electron chi connectivity index (χ4n) is 3.34. The molecule has 0 amide bonds. The molecule has 4 aromatic rings. The second kappa shape index (κ2) is 9.59. The normalized spacial score (nSPS) is 11.4. The van der Waals surface area contributed by atoms with E-state index in [-0.39, 0.29) is 19.5 Å². The predicted octanol–water partition coefficient (Wildman–Crippen LogP) is 5.72. The van der Waals surface area contributed by atoms with Gasteiger partial charge in [0.15, 0.2) is 0 Å². The number of nitrogens with one attached hydrogen (secondary N) is 2. The summed E-state index contributed by atoms with van der Waals surface area (Å²) in [5, 5.41) is 0. The third-order valence-electron chi connectivity index (χ3n) is 4.79. The topological polar surface area (TPSA) is 83.4 Å². The summed E-state index contributed by atoms with van der Waals surface area (Å²) in [6.45, 7) is 0. The van der Waals surface area contributed by atoms with Crippen LogP contribution in [0.4, 0.5) is 5.69 Å². The zero-order valence-corrected chi connectivity index (χ0v) is 20.4. The number of benzene rings is 1. The van der Waals surface area contributed by atoms with Gasteiger partial charge in [0.2, 0.25) is 0 Å². The van der Waals surface area contributed by atoms with Gasteiger partial charge in [0.1, 0.15) is 0 Å². The number of nitrogen functional groups attached to an aromatic ring is 1. The Morgan fingerprint density at radius 1 is 0.562 bits per heavy atom. The average Bonchev–Trinajstić information content (AvgIpc) is 3.55. The number of fused-ring (bicyclic) bond motifs is 8. The molecule has 0 saturated heterocycles. The van der Waals surface area contributed by atoms with Crippen molar-refractivity contribution < 1.29 is 19.5 Å². The molecule has 2 aliphatic rings. The van der Waals surface area contributed by atoms with Crippen LogP contribution in [-0.2, 0) is 19.5 Å². The van der Waals surface area contributed by atoms with Gasteiger partial charge in [0.25, 0.3) is 0 Å². The molecule has 5 nitrogen and oxygen atoms in total. The second-order valence-corrected chi connectivity index (χ2v) is 7.24. The molecule has 4 N–H and O–H groups in total. The molecule has 2 aliphatic heterocycles. The van der Waals surface area contributed by atoms with Crippen molar-refractivity contribution in [3.05, 3.63) is 102 Å². The number of aromatic amines is 2. The van der Waals surface area contributed by atoms with Crippen LogP contribution in [0.15, 0.2) is 72.8 Å². The van der Waals surface area contributed by atoms with Crippen molar-refractivity contribution in [1.82, 2.24) is 19.9 Å². The number of nitrogens with zero attached hydrogens (tertiary/aromatic N) is 2. The van der Waals surface area contributed by atoms with E-state index in [1.807, 2.05) is 42.5 Å². The summed E-state index contributed by atoms with van der Waals surface area (Å²) >= 11 is 0. The largest absolute Gasteiger partial charge is 0.419 e. The third kappa shape index (κ3) is 5.29. The minimum absolute atomic E-state index is 0. The summed E-state index contributed by atoms with van der Waals surface area (Å²) in [7, 11) is 0. The summed E-state index contributed by atoms with van der Waals surface area (Å²) in [5.74, 6) is 0. The van der Waals surface area contributed by atoms with Gasteiger partial charge in [0.05, 0.1) is 22.8 Å². The summed E-state index contributed by atoms with van der Waals surface area (Å²) in [6.07, 6.45) is 8.05. The molecule has 0 aliphatic carbocycles. The van der Waals surface area contributed by atoms with Crippen molar-refractivity contribution in [2.75, 3.05) is 5.73 Å². The van der Waals surface area contributed by atoms with Crippen molar-refractivity contribution in [1.29, 1.82) is 0 Å². The van der Waals surface area contributed by atoms with Gasteiger partial charge in [-0.05, 0) is 72.8 Å². The van der Waals surface area contributed by atoms with Crippen molar-refractivity contribution in [2.24, 2.45) is 0 Å². The Bertz CT molecular complexity index is 1360. The van der Waals surface area contributed by atoms with Crippen LogP contribution < -0.4 is 5.73 Å². The van der Waals surface area contributed by atoms with Crippen LogP contribution >= 0.6 is 0 Å². The van der Waals surface area contributed by atoms with Crippen LogP contribution in [0.2, 0.25) is 0 Å². The average molecular weight is 468 g/mol. The van der Waals surface area contributed by atoms with Gasteiger partial charge in [-0.25, -0.2) is 9.97 Å². The quantitative estimate of drug-likeness (QED) is 0.152. The SMILES string of the molecule is C1=Cc2cc3ccc(cc4ccc(cc5nc(cc1n2)C=C5)[nH]4)[nH]3.Nc1cc[c-]cc1.[Zn]. The number of H-pyrrole nitrogens is 2. The van der Waals surface area contributed by atoms with Gasteiger partial charge in [-0.1, -0.05) is 5.69 Å². The van der Waals surface area contributed by atoms with Crippen LogP contribution in [0.3, 0.4) is 0 Å². The third-order valence-corrected chi connectivity index (χ3v) is 4.79. The Balaban J connectivity index is 0.000000265. The van der Waals surface area contributed by atoms with Gasteiger partial charge in [-0.2, -0.15) is 18.2 Å². The molecule has 32 heavy (non-hydrogen) atoms. The minimum Gasteiger partial charge on any atom is -0.419 e. The van der Waals surface area contributed by atoms with Crippen LogP contribution in [0, 0.1) is 6.07 Å². The Morgan fingerprint density at radius 2 is 0.969 bits per heavy atom. The zero-order chi connectivity index (χ0) is 21.0. The van der Waals surface area contributed by atoms with Crippen LogP contribution in [-0.4, -0.2) is 19.9 Å². The molecule has 5 heterocycles. The van der Waals surface area contributed by atoms with Gasteiger partial charge >= 0.3 is 0 Å². The molecule has 1 aromatic carbocycles. The number of aromatic nitrogens is 4. The molecule has 8 bridgehead atoms. The van der Waals surface area contributed by atoms with Crippen LogP contribution in [0.25, 0.3) is 46.4 Å². The first-order chi connectivity index (χ1) is 15.2. The standard InChI is InChI=1S/C20H14N4.C6H6N.Zn/c1-2-14-10-16-5-6-18(23-16)12-20-8-7-19(24-20)11-17-4-3-15(22-17)9-13(1)21-14;7-6-4-2-1-3-5-6;/h1-12,21-22H;2-5H,7H2;/q;-1;. The number of hydrogen-bond acceptors (Lipinski definition) is 3. The molecule has 6 rings (SSSR count). The molecule has 0 unspecified atom stereocenters. The summed E-state index contributed by atoms with van der Waals surface area (Å²) < 4.78 is 0. The first kappa shape index (κ1) is 21.5. The van der Waals surface area contributed by atoms with Gasteiger partial charge in [-0.15, -0.1) is 12.1 Å². The fourth-order valence-corrected chi connectivity index (χ4v) is 3.34. The minimum atomic E-state index is 0. The molecule has 6 heteroatoms. The zero-order valence-electron chi connectivity index (χ0n) is 17.4. The maximum absolute atomic E-state index is 5.34. The maximum Gasteiger partial charge on any atom is 0.0659 e. The second-order valence-electron chi connectivity index (χ2n) is 7.24. The van der Waals surface area contributed by atoms with Crippen molar-refractivity contribution in [2.45, 2.75) is 0 Å². The van der Waals surface area contributed by atoms with E-state index >= 15 is 0 Å². The molecule has 0 spiro atoms. The summed E-state index contributed by atoms with van der Waals surface area (Å²) in [6, 6.07) is 26.4. The van der Waals surface area contributed by atoms with E-state index in [1.54, 1.807) is 24.3 Å². The summed E-state index contributed by atoms with van der Waals surface area (Å²) in [4.78, 5) is 16.0. The molecule has 0 fully saturated rings. The maximum atomic E-state index is 5.34. The van der Waals surface area contributed by atoms with E-state index in [4.69, 9.17) is 5.73 Å². The Kier molecular flexibility index (Phi) is 6.43. The molecule has 0 radical (unpaired) electrons. The van der Waals surface area contributed by atoms with Crippen molar-refractivity contribution >= 4 is 52.1 Å². The van der Waals surface area contributed by atoms with E-state index in [9.17, 15) is 0 Å². The molecule has 0 saturated carbocycles. The smallest absolute Gasteiger partial charge is 0.0659 e. The van der Waals surface area contributed by atoms with Crippen molar-refractivity contribution in [3.8, 4) is 0 Å². The van der Waals surface area contributed by atoms with E-state index in [0.29, 0.717) is 0 Å². The number of nitrogens with two attached hydrogens (primary N) is 1. The molecule has 152 valence electrons. The van der Waals surface area contributed by atoms with E-state index < -0.39 is 0 Å². The number of rotatable bonds is 0. The van der Waals surface area contributed by atoms with Gasteiger partial charge in [0, 0.05) is 41.5 Å². The van der Waals surface area contributed by atoms with Gasteiger partial charge in [-0.3, -0.25) is 0 Å². The van der Waals surface area contributed by atoms with Crippen LogP contribution in [0.5, 0.6) is 0 Å². The molecular weight excluding hydrogens is 448 g/mol. The predicted molar refractivity (Wildman–Crippen MR) is 129 cm³/mol. The molecular formula is C26H20N5Zn-. The fraction of sp³-hybridized carbons (Fsp3) is 0. The Hall–Kier alpha value is -3.76. The first-order valence-corrected chi connectivity index (χ1v) is 9.96. The number of anilines is 1. The monoisotopic (exact) mass is 466 g/mol. The summed E-state index contributed by atoms with van der Waals surface area (Å²) in [5.41, 5.74) is 14.0. The Morgan fingerprint density at radius 3 is 1.38 bits per heavy atom. The number of hydrogen-bond donors (Lipinski definition) is 3. The first-order valence-electron chi connectivity index (χ1n) is 9.96. The van der Waals surface area contributed by atoms with E-state index in [0.717, 1.165) is 50.5 Å². The Labute approximate surface area is 198 Å². The molecule has 0 atom stereocenters. The van der Waals surface area contributed by atoms with Crippen molar-refractivity contribution in [3.63, 3.8) is 0 Å². The van der Waals surface area contributed by atoms with Gasteiger partial charge < -0.3 is 15.7 Å².